The van der Waals surface area contributed by atoms with Crippen LogP contribution in [0.2, 0.25) is 0 Å². The van der Waals surface area contributed by atoms with Crippen molar-refractivity contribution in [1.29, 1.82) is 0 Å². The molecule has 1 fully saturated rings. The van der Waals surface area contributed by atoms with E-state index in [0.717, 1.165) is 34.9 Å². The SMILES string of the molecule is Cc1cc(C(=O)N2CCCC(C(=O)c3cccc4ccccc34)C2)c(=O)[nH]c1C. The van der Waals surface area contributed by atoms with Crippen molar-refractivity contribution < 1.29 is 9.59 Å². The number of pyridine rings is 1. The molecule has 148 valence electrons. The molecule has 1 unspecified atom stereocenters. The first kappa shape index (κ1) is 19.1. The normalized spacial score (nSPS) is 16.8. The Balaban J connectivity index is 1.60. The lowest BCUT2D eigenvalue weighted by Gasteiger charge is -2.32. The van der Waals surface area contributed by atoms with Crippen LogP contribution in [-0.4, -0.2) is 34.7 Å². The number of H-pyrrole nitrogens is 1. The van der Waals surface area contributed by atoms with Crippen molar-refractivity contribution in [3.8, 4) is 0 Å². The van der Waals surface area contributed by atoms with Crippen LogP contribution in [0.15, 0.2) is 53.3 Å². The van der Waals surface area contributed by atoms with E-state index in [9.17, 15) is 14.4 Å². The molecule has 0 saturated carbocycles. The summed E-state index contributed by atoms with van der Waals surface area (Å²) < 4.78 is 0. The zero-order valence-corrected chi connectivity index (χ0v) is 16.7. The Bertz CT molecular complexity index is 1160. The van der Waals surface area contributed by atoms with Crippen LogP contribution in [0, 0.1) is 19.8 Å². The van der Waals surface area contributed by atoms with Gasteiger partial charge in [0, 0.05) is 30.3 Å². The van der Waals surface area contributed by atoms with Gasteiger partial charge < -0.3 is 9.88 Å². The van der Waals surface area contributed by atoms with Gasteiger partial charge in [0.15, 0.2) is 5.78 Å². The second-order valence-electron chi connectivity index (χ2n) is 7.80. The molecule has 1 saturated heterocycles. The third-order valence-electron chi connectivity index (χ3n) is 5.86. The molecule has 0 bridgehead atoms. The Hall–Kier alpha value is -3.21. The number of Topliss-reactive ketones (excluding diaryl/α,β-unsaturated/α-hetero) is 1. The molecule has 1 N–H and O–H groups in total. The molecule has 1 aliphatic rings. The minimum atomic E-state index is -0.374. The number of carbonyl (C=O) groups is 2. The average Bonchev–Trinajstić information content (AvgIpc) is 2.75. The molecule has 1 amide bonds. The molecule has 1 aliphatic heterocycles. The largest absolute Gasteiger partial charge is 0.338 e. The van der Waals surface area contributed by atoms with Gasteiger partial charge in [0.05, 0.1) is 0 Å². The molecule has 3 aromatic rings. The van der Waals surface area contributed by atoms with E-state index in [1.807, 2.05) is 56.3 Å². The molecule has 2 heterocycles. The summed E-state index contributed by atoms with van der Waals surface area (Å²) in [6.07, 6.45) is 1.49. The number of benzene rings is 2. The van der Waals surface area contributed by atoms with E-state index in [2.05, 4.69) is 4.98 Å². The maximum atomic E-state index is 13.3. The molecule has 0 spiro atoms. The van der Waals surface area contributed by atoms with Crippen molar-refractivity contribution in [2.24, 2.45) is 5.92 Å². The van der Waals surface area contributed by atoms with Gasteiger partial charge in [-0.3, -0.25) is 14.4 Å². The molecule has 5 heteroatoms. The monoisotopic (exact) mass is 388 g/mol. The standard InChI is InChI=1S/C24H24N2O3/c1-15-13-21(23(28)25-16(15)2)24(29)26-12-6-9-18(14-26)22(27)20-11-5-8-17-7-3-4-10-19(17)20/h3-5,7-8,10-11,13,18H,6,9,12,14H2,1-2H3,(H,25,28). The predicted molar refractivity (Wildman–Crippen MR) is 113 cm³/mol. The minimum Gasteiger partial charge on any atom is -0.338 e. The quantitative estimate of drug-likeness (QED) is 0.692. The van der Waals surface area contributed by atoms with Gasteiger partial charge in [0.25, 0.3) is 11.5 Å². The lowest BCUT2D eigenvalue weighted by molar-refractivity contribution is 0.0636. The number of nitrogens with one attached hydrogen (secondary N) is 1. The number of aryl methyl sites for hydroxylation is 2. The number of fused-ring (bicyclic) bond motifs is 1. The average molecular weight is 388 g/mol. The highest BCUT2D eigenvalue weighted by atomic mass is 16.2. The van der Waals surface area contributed by atoms with Crippen LogP contribution in [0.3, 0.4) is 0 Å². The van der Waals surface area contributed by atoms with Gasteiger partial charge in [-0.15, -0.1) is 0 Å². The van der Waals surface area contributed by atoms with Crippen molar-refractivity contribution >= 4 is 22.5 Å². The second kappa shape index (κ2) is 7.66. The molecule has 1 atom stereocenters. The van der Waals surface area contributed by atoms with Crippen LogP contribution < -0.4 is 5.56 Å². The summed E-state index contributed by atoms with van der Waals surface area (Å²) in [5.41, 5.74) is 2.10. The van der Waals surface area contributed by atoms with E-state index in [4.69, 9.17) is 0 Å². The number of nitrogens with zero attached hydrogens (tertiary/aromatic N) is 1. The van der Waals surface area contributed by atoms with Crippen LogP contribution in [0.1, 0.15) is 44.8 Å². The fourth-order valence-corrected chi connectivity index (χ4v) is 4.09. The fraction of sp³-hybridized carbons (Fsp3) is 0.292. The highest BCUT2D eigenvalue weighted by molar-refractivity contribution is 6.09. The molecule has 5 nitrogen and oxygen atoms in total. The number of carbonyl (C=O) groups excluding carboxylic acids is 2. The highest BCUT2D eigenvalue weighted by Crippen LogP contribution is 2.26. The molecule has 1 aromatic heterocycles. The number of amides is 1. The van der Waals surface area contributed by atoms with Gasteiger partial charge in [-0.05, 0) is 49.1 Å². The van der Waals surface area contributed by atoms with Crippen LogP contribution in [0.5, 0.6) is 0 Å². The third-order valence-corrected chi connectivity index (χ3v) is 5.86. The summed E-state index contributed by atoms with van der Waals surface area (Å²) in [6, 6.07) is 15.2. The van der Waals surface area contributed by atoms with E-state index in [1.54, 1.807) is 11.0 Å². The van der Waals surface area contributed by atoms with Gasteiger partial charge in [-0.2, -0.15) is 0 Å². The van der Waals surface area contributed by atoms with Crippen molar-refractivity contribution in [1.82, 2.24) is 9.88 Å². The van der Waals surface area contributed by atoms with Crippen molar-refractivity contribution in [2.45, 2.75) is 26.7 Å². The Morgan fingerprint density at radius 1 is 1.03 bits per heavy atom. The van der Waals surface area contributed by atoms with Gasteiger partial charge in [-0.1, -0.05) is 42.5 Å². The van der Waals surface area contributed by atoms with E-state index >= 15 is 0 Å². The Kier molecular flexibility index (Phi) is 5.05. The summed E-state index contributed by atoms with van der Waals surface area (Å²) in [7, 11) is 0. The smallest absolute Gasteiger partial charge is 0.261 e. The molecular formula is C24H24N2O3. The summed E-state index contributed by atoms with van der Waals surface area (Å²) in [6.45, 7) is 4.58. The van der Waals surface area contributed by atoms with Crippen molar-refractivity contribution in [2.75, 3.05) is 13.1 Å². The third kappa shape index (κ3) is 3.60. The number of ketones is 1. The number of likely N-dealkylation sites (tertiary alicyclic amines) is 1. The molecule has 0 aliphatic carbocycles. The Morgan fingerprint density at radius 2 is 1.79 bits per heavy atom. The maximum Gasteiger partial charge on any atom is 0.261 e. The van der Waals surface area contributed by atoms with E-state index in [-0.39, 0.29) is 28.7 Å². The number of hydrogen-bond acceptors (Lipinski definition) is 3. The van der Waals surface area contributed by atoms with Gasteiger partial charge >= 0.3 is 0 Å². The molecule has 4 rings (SSSR count). The summed E-state index contributed by atoms with van der Waals surface area (Å²) in [5, 5.41) is 1.97. The predicted octanol–water partition coefficient (Wildman–Crippen LogP) is 3.88. The summed E-state index contributed by atoms with van der Waals surface area (Å²) in [4.78, 5) is 42.9. The van der Waals surface area contributed by atoms with Gasteiger partial charge in [0.1, 0.15) is 5.56 Å². The van der Waals surface area contributed by atoms with E-state index < -0.39 is 0 Å². The molecule has 29 heavy (non-hydrogen) atoms. The summed E-state index contributed by atoms with van der Waals surface area (Å²) >= 11 is 0. The highest BCUT2D eigenvalue weighted by Gasteiger charge is 2.31. The lowest BCUT2D eigenvalue weighted by atomic mass is 9.87. The number of piperidine rings is 1. The number of hydrogen-bond donors (Lipinski definition) is 1. The minimum absolute atomic E-state index is 0.0632. The molecular weight excluding hydrogens is 364 g/mol. The second-order valence-corrected chi connectivity index (χ2v) is 7.80. The molecule has 0 radical (unpaired) electrons. The van der Waals surface area contributed by atoms with Crippen LogP contribution >= 0.6 is 0 Å². The topological polar surface area (TPSA) is 70.2 Å². The zero-order valence-electron chi connectivity index (χ0n) is 16.7. The first-order valence-electron chi connectivity index (χ1n) is 9.97. The van der Waals surface area contributed by atoms with Gasteiger partial charge in [-0.25, -0.2) is 0 Å². The van der Waals surface area contributed by atoms with Crippen molar-refractivity contribution in [3.05, 3.63) is 81.3 Å². The van der Waals surface area contributed by atoms with E-state index in [0.29, 0.717) is 18.7 Å². The molecule has 2 aromatic carbocycles. The summed E-state index contributed by atoms with van der Waals surface area (Å²) in [5.74, 6) is -0.498. The first-order valence-corrected chi connectivity index (χ1v) is 9.97. The Labute approximate surface area is 169 Å². The number of aromatic amines is 1. The lowest BCUT2D eigenvalue weighted by Crippen LogP contribution is -2.44. The van der Waals surface area contributed by atoms with E-state index in [1.165, 1.54) is 0 Å². The number of rotatable bonds is 3. The van der Waals surface area contributed by atoms with Gasteiger partial charge in [0.2, 0.25) is 0 Å². The Morgan fingerprint density at radius 3 is 2.62 bits per heavy atom. The number of aromatic nitrogens is 1. The first-order chi connectivity index (χ1) is 14.0. The maximum absolute atomic E-state index is 13.3. The van der Waals surface area contributed by atoms with Crippen LogP contribution in [0.4, 0.5) is 0 Å². The van der Waals surface area contributed by atoms with Crippen LogP contribution in [-0.2, 0) is 0 Å². The fourth-order valence-electron chi connectivity index (χ4n) is 4.09. The van der Waals surface area contributed by atoms with Crippen molar-refractivity contribution in [3.63, 3.8) is 0 Å². The zero-order chi connectivity index (χ0) is 20.5. The van der Waals surface area contributed by atoms with Crippen LogP contribution in [0.25, 0.3) is 10.8 Å².